The number of aromatic nitrogens is 2. The van der Waals surface area contributed by atoms with Gasteiger partial charge in [0, 0.05) is 7.05 Å². The Morgan fingerprint density at radius 3 is 2.50 bits per heavy atom. The summed E-state index contributed by atoms with van der Waals surface area (Å²) in [6.07, 6.45) is -3.65. The SMILES string of the molecule is CCc1nc(COCC(F)(F)F)nc(NC)c1I. The van der Waals surface area contributed by atoms with E-state index in [2.05, 4.69) is 42.6 Å². The second-order valence-corrected chi connectivity index (χ2v) is 4.54. The molecule has 0 unspecified atom stereocenters. The molecule has 0 aliphatic carbocycles. The van der Waals surface area contributed by atoms with Crippen molar-refractivity contribution in [3.05, 3.63) is 15.1 Å². The lowest BCUT2D eigenvalue weighted by Gasteiger charge is -2.11. The van der Waals surface area contributed by atoms with E-state index in [4.69, 9.17) is 0 Å². The van der Waals surface area contributed by atoms with Gasteiger partial charge in [0.2, 0.25) is 0 Å². The van der Waals surface area contributed by atoms with Crippen LogP contribution in [0.4, 0.5) is 19.0 Å². The molecule has 0 saturated carbocycles. The first kappa shape index (κ1) is 15.4. The minimum absolute atomic E-state index is 0.251. The Morgan fingerprint density at radius 2 is 2.00 bits per heavy atom. The number of rotatable bonds is 5. The van der Waals surface area contributed by atoms with Crippen LogP contribution in [0.5, 0.6) is 0 Å². The lowest BCUT2D eigenvalue weighted by molar-refractivity contribution is -0.177. The van der Waals surface area contributed by atoms with Gasteiger partial charge in [-0.3, -0.25) is 0 Å². The van der Waals surface area contributed by atoms with Gasteiger partial charge in [0.1, 0.15) is 19.0 Å². The highest BCUT2D eigenvalue weighted by molar-refractivity contribution is 14.1. The lowest BCUT2D eigenvalue weighted by atomic mass is 10.3. The van der Waals surface area contributed by atoms with Crippen LogP contribution in [-0.4, -0.2) is 29.8 Å². The molecule has 4 nitrogen and oxygen atoms in total. The van der Waals surface area contributed by atoms with Crippen LogP contribution in [0, 0.1) is 3.57 Å². The molecule has 1 rings (SSSR count). The largest absolute Gasteiger partial charge is 0.411 e. The second kappa shape index (κ2) is 6.50. The molecule has 1 aromatic heterocycles. The third-order valence-corrected chi connectivity index (χ3v) is 3.17. The Kier molecular flexibility index (Phi) is 5.57. The number of halogens is 4. The molecule has 0 saturated heterocycles. The number of nitrogens with zero attached hydrogens (tertiary/aromatic N) is 2. The van der Waals surface area contributed by atoms with E-state index < -0.39 is 12.8 Å². The van der Waals surface area contributed by atoms with Crippen LogP contribution in [0.3, 0.4) is 0 Å². The summed E-state index contributed by atoms with van der Waals surface area (Å²) in [5.41, 5.74) is 0.792. The average molecular weight is 375 g/mol. The zero-order valence-corrected chi connectivity index (χ0v) is 12.1. The van der Waals surface area contributed by atoms with Crippen molar-refractivity contribution >= 4 is 28.4 Å². The van der Waals surface area contributed by atoms with Crippen LogP contribution < -0.4 is 5.32 Å². The minimum atomic E-state index is -4.33. The molecule has 0 bridgehead atoms. The molecule has 0 aliphatic rings. The van der Waals surface area contributed by atoms with Gasteiger partial charge in [0.25, 0.3) is 0 Å². The highest BCUT2D eigenvalue weighted by atomic mass is 127. The predicted octanol–water partition coefficient (Wildman–Crippen LogP) is 2.76. The van der Waals surface area contributed by atoms with E-state index in [0.717, 1.165) is 9.26 Å². The van der Waals surface area contributed by atoms with Crippen molar-refractivity contribution in [1.82, 2.24) is 9.97 Å². The van der Waals surface area contributed by atoms with E-state index in [1.165, 1.54) is 0 Å². The summed E-state index contributed by atoms with van der Waals surface area (Å²) in [7, 11) is 1.70. The highest BCUT2D eigenvalue weighted by Gasteiger charge is 2.27. The smallest absolute Gasteiger partial charge is 0.372 e. The van der Waals surface area contributed by atoms with Crippen molar-refractivity contribution in [3.63, 3.8) is 0 Å². The van der Waals surface area contributed by atoms with Gasteiger partial charge in [-0.2, -0.15) is 13.2 Å². The molecule has 1 N–H and O–H groups in total. The van der Waals surface area contributed by atoms with E-state index in [0.29, 0.717) is 12.2 Å². The average Bonchev–Trinajstić information content (AvgIpc) is 2.29. The topological polar surface area (TPSA) is 47.0 Å². The van der Waals surface area contributed by atoms with Crippen molar-refractivity contribution in [3.8, 4) is 0 Å². The maximum atomic E-state index is 11.9. The first-order valence-corrected chi connectivity index (χ1v) is 6.32. The Labute approximate surface area is 116 Å². The second-order valence-electron chi connectivity index (χ2n) is 3.46. The number of ether oxygens (including phenoxy) is 1. The van der Waals surface area contributed by atoms with Crippen LogP contribution in [0.25, 0.3) is 0 Å². The first-order chi connectivity index (χ1) is 8.37. The monoisotopic (exact) mass is 375 g/mol. The van der Waals surface area contributed by atoms with Crippen LogP contribution >= 0.6 is 22.6 Å². The van der Waals surface area contributed by atoms with Crippen molar-refractivity contribution in [2.45, 2.75) is 26.1 Å². The number of hydrogen-bond donors (Lipinski definition) is 1. The zero-order chi connectivity index (χ0) is 13.8. The van der Waals surface area contributed by atoms with Crippen LogP contribution in [-0.2, 0) is 17.8 Å². The van der Waals surface area contributed by atoms with Crippen molar-refractivity contribution in [1.29, 1.82) is 0 Å². The summed E-state index contributed by atoms with van der Waals surface area (Å²) in [4.78, 5) is 8.26. The van der Waals surface area contributed by atoms with Gasteiger partial charge < -0.3 is 10.1 Å². The third kappa shape index (κ3) is 4.56. The van der Waals surface area contributed by atoms with Crippen LogP contribution in [0.1, 0.15) is 18.4 Å². The molecular formula is C10H13F3IN3O. The molecular weight excluding hydrogens is 362 g/mol. The molecule has 0 spiro atoms. The molecule has 0 atom stereocenters. The standard InChI is InChI=1S/C10H13F3IN3O/c1-3-6-8(14)9(15-2)17-7(16-6)4-18-5-10(11,12)13/h3-5H2,1-2H3,(H,15,16,17). The van der Waals surface area contributed by atoms with Crippen molar-refractivity contribution in [2.75, 3.05) is 19.0 Å². The molecule has 1 heterocycles. The summed E-state index contributed by atoms with van der Waals surface area (Å²) in [6, 6.07) is 0. The normalized spacial score (nSPS) is 11.7. The number of nitrogens with one attached hydrogen (secondary N) is 1. The number of aryl methyl sites for hydroxylation is 1. The van der Waals surface area contributed by atoms with E-state index in [1.807, 2.05) is 6.92 Å². The number of hydrogen-bond acceptors (Lipinski definition) is 4. The van der Waals surface area contributed by atoms with Crippen molar-refractivity contribution < 1.29 is 17.9 Å². The van der Waals surface area contributed by atoms with Gasteiger partial charge in [0.15, 0.2) is 5.82 Å². The Hall–Kier alpha value is -0.640. The molecule has 0 radical (unpaired) electrons. The maximum absolute atomic E-state index is 11.9. The van der Waals surface area contributed by atoms with E-state index in [1.54, 1.807) is 7.05 Å². The molecule has 0 amide bonds. The molecule has 102 valence electrons. The molecule has 1 aromatic rings. The highest BCUT2D eigenvalue weighted by Crippen LogP contribution is 2.20. The fourth-order valence-electron chi connectivity index (χ4n) is 1.27. The van der Waals surface area contributed by atoms with Gasteiger partial charge in [-0.25, -0.2) is 9.97 Å². The molecule has 18 heavy (non-hydrogen) atoms. The predicted molar refractivity (Wildman–Crippen MR) is 69.4 cm³/mol. The quantitative estimate of drug-likeness (QED) is 0.805. The van der Waals surface area contributed by atoms with Gasteiger partial charge in [0.05, 0.1) is 9.26 Å². The number of alkyl halides is 3. The number of anilines is 1. The summed E-state index contributed by atoms with van der Waals surface area (Å²) in [5.74, 6) is 0.855. The Bertz CT molecular complexity index is 387. The zero-order valence-electron chi connectivity index (χ0n) is 9.94. The van der Waals surface area contributed by atoms with Crippen LogP contribution in [0.15, 0.2) is 0 Å². The van der Waals surface area contributed by atoms with E-state index >= 15 is 0 Å². The fourth-order valence-corrected chi connectivity index (χ4v) is 2.16. The molecule has 8 heteroatoms. The van der Waals surface area contributed by atoms with Gasteiger partial charge >= 0.3 is 6.18 Å². The first-order valence-electron chi connectivity index (χ1n) is 5.25. The van der Waals surface area contributed by atoms with Gasteiger partial charge in [-0.1, -0.05) is 6.92 Å². The van der Waals surface area contributed by atoms with Crippen molar-refractivity contribution in [2.24, 2.45) is 0 Å². The fraction of sp³-hybridized carbons (Fsp3) is 0.600. The van der Waals surface area contributed by atoms with E-state index in [-0.39, 0.29) is 12.4 Å². The summed E-state index contributed by atoms with van der Waals surface area (Å²) in [6.45, 7) is 0.376. The summed E-state index contributed by atoms with van der Waals surface area (Å²) < 4.78 is 41.2. The van der Waals surface area contributed by atoms with Gasteiger partial charge in [-0.05, 0) is 29.0 Å². The molecule has 0 aliphatic heterocycles. The van der Waals surface area contributed by atoms with Crippen LogP contribution in [0.2, 0.25) is 0 Å². The minimum Gasteiger partial charge on any atom is -0.372 e. The molecule has 0 aromatic carbocycles. The Morgan fingerprint density at radius 1 is 1.33 bits per heavy atom. The summed E-state index contributed by atoms with van der Waals surface area (Å²) in [5, 5.41) is 2.88. The van der Waals surface area contributed by atoms with E-state index in [9.17, 15) is 13.2 Å². The Balaban J connectivity index is 2.77. The van der Waals surface area contributed by atoms with Gasteiger partial charge in [-0.15, -0.1) is 0 Å². The third-order valence-electron chi connectivity index (χ3n) is 2.03. The molecule has 0 fully saturated rings. The summed E-state index contributed by atoms with van der Waals surface area (Å²) >= 11 is 2.10. The lowest BCUT2D eigenvalue weighted by Crippen LogP contribution is -2.18. The maximum Gasteiger partial charge on any atom is 0.411 e.